The third-order valence-electron chi connectivity index (χ3n) is 3.73. The molecule has 1 aromatic carbocycles. The predicted octanol–water partition coefficient (Wildman–Crippen LogP) is 4.10. The van der Waals surface area contributed by atoms with Gasteiger partial charge in [0, 0.05) is 17.5 Å². The molecule has 5 nitrogen and oxygen atoms in total. The Bertz CT molecular complexity index is 957. The molecule has 0 atom stereocenters. The van der Waals surface area contributed by atoms with E-state index < -0.39 is 17.4 Å². The molecule has 2 aromatic heterocycles. The second-order valence-corrected chi connectivity index (χ2v) is 6.25. The number of hydrogen-bond donors (Lipinski definition) is 0. The smallest absolute Gasteiger partial charge is 0.416 e. The fraction of sp³-hybridized carbons (Fsp3) is 0.278. The summed E-state index contributed by atoms with van der Waals surface area (Å²) in [5.74, 6) is 0.727. The molecule has 0 saturated heterocycles. The van der Waals surface area contributed by atoms with Crippen molar-refractivity contribution in [1.82, 2.24) is 14.5 Å². The Morgan fingerprint density at radius 1 is 1.15 bits per heavy atom. The molecule has 0 aliphatic rings. The molecule has 8 heteroatoms. The first-order valence-corrected chi connectivity index (χ1v) is 7.96. The van der Waals surface area contributed by atoms with E-state index in [1.54, 1.807) is 12.3 Å². The third kappa shape index (κ3) is 3.68. The summed E-state index contributed by atoms with van der Waals surface area (Å²) in [4.78, 5) is 20.4. The number of aromatic nitrogens is 3. The van der Waals surface area contributed by atoms with E-state index in [0.29, 0.717) is 23.6 Å². The van der Waals surface area contributed by atoms with Crippen LogP contribution in [0.1, 0.15) is 25.1 Å². The van der Waals surface area contributed by atoms with Crippen molar-refractivity contribution in [2.45, 2.75) is 26.4 Å². The number of hydrogen-bond acceptors (Lipinski definition) is 4. The van der Waals surface area contributed by atoms with Crippen LogP contribution in [0, 0.1) is 5.92 Å². The minimum atomic E-state index is -4.42. The van der Waals surface area contributed by atoms with Crippen LogP contribution in [-0.2, 0) is 12.6 Å². The molecule has 0 aliphatic carbocycles. The Labute approximate surface area is 147 Å². The predicted molar refractivity (Wildman–Crippen MR) is 88.9 cm³/mol. The quantitative estimate of drug-likeness (QED) is 0.700. The van der Waals surface area contributed by atoms with Crippen LogP contribution in [-0.4, -0.2) is 14.5 Å². The second-order valence-electron chi connectivity index (χ2n) is 6.25. The molecule has 0 unspecified atom stereocenters. The van der Waals surface area contributed by atoms with Crippen LogP contribution >= 0.6 is 0 Å². The lowest BCUT2D eigenvalue weighted by Gasteiger charge is -2.08. The van der Waals surface area contributed by atoms with Gasteiger partial charge in [-0.1, -0.05) is 26.0 Å². The average Bonchev–Trinajstić information content (AvgIpc) is 3.03. The minimum Gasteiger partial charge on any atom is -0.441 e. The van der Waals surface area contributed by atoms with E-state index in [-0.39, 0.29) is 11.6 Å². The highest BCUT2D eigenvalue weighted by Gasteiger charge is 2.30. The van der Waals surface area contributed by atoms with Gasteiger partial charge in [0.15, 0.2) is 18.0 Å². The normalized spacial score (nSPS) is 11.9. The maximum atomic E-state index is 12.7. The number of benzene rings is 1. The van der Waals surface area contributed by atoms with Gasteiger partial charge in [0.05, 0.1) is 5.56 Å². The van der Waals surface area contributed by atoms with Gasteiger partial charge in [-0.15, -0.1) is 0 Å². The SMILES string of the molecule is CC(C)Cc1ccn(-c2ncoc2-c2ccc(C(F)(F)F)cc2)c(=O)n1. The summed E-state index contributed by atoms with van der Waals surface area (Å²) in [6.07, 6.45) is -1.08. The van der Waals surface area contributed by atoms with Gasteiger partial charge >= 0.3 is 11.9 Å². The molecule has 3 rings (SSSR count). The van der Waals surface area contributed by atoms with Crippen LogP contribution in [0.4, 0.5) is 13.2 Å². The lowest BCUT2D eigenvalue weighted by Crippen LogP contribution is -2.23. The Balaban J connectivity index is 1.98. The largest absolute Gasteiger partial charge is 0.441 e. The zero-order valence-electron chi connectivity index (χ0n) is 14.1. The number of rotatable bonds is 4. The third-order valence-corrected chi connectivity index (χ3v) is 3.73. The van der Waals surface area contributed by atoms with Crippen LogP contribution in [0.25, 0.3) is 17.1 Å². The summed E-state index contributed by atoms with van der Waals surface area (Å²) in [5, 5.41) is 0. The summed E-state index contributed by atoms with van der Waals surface area (Å²) in [7, 11) is 0. The lowest BCUT2D eigenvalue weighted by atomic mass is 10.1. The Morgan fingerprint density at radius 2 is 1.85 bits per heavy atom. The topological polar surface area (TPSA) is 60.9 Å². The van der Waals surface area contributed by atoms with Crippen molar-refractivity contribution in [2.75, 3.05) is 0 Å². The number of nitrogens with zero attached hydrogens (tertiary/aromatic N) is 3. The summed E-state index contributed by atoms with van der Waals surface area (Å²) < 4.78 is 44.6. The van der Waals surface area contributed by atoms with Crippen LogP contribution in [0.5, 0.6) is 0 Å². The van der Waals surface area contributed by atoms with Crippen molar-refractivity contribution in [2.24, 2.45) is 5.92 Å². The molecule has 0 amide bonds. The van der Waals surface area contributed by atoms with Gasteiger partial charge in [-0.3, -0.25) is 0 Å². The Morgan fingerprint density at radius 3 is 2.42 bits per heavy atom. The van der Waals surface area contributed by atoms with Gasteiger partial charge in [-0.05, 0) is 30.5 Å². The van der Waals surface area contributed by atoms with Gasteiger partial charge in [0.1, 0.15) is 0 Å². The van der Waals surface area contributed by atoms with E-state index in [9.17, 15) is 18.0 Å². The van der Waals surface area contributed by atoms with Gasteiger partial charge in [0.2, 0.25) is 0 Å². The molecule has 3 aromatic rings. The van der Waals surface area contributed by atoms with Gasteiger partial charge in [0.25, 0.3) is 0 Å². The fourth-order valence-corrected chi connectivity index (χ4v) is 2.55. The first kappa shape index (κ1) is 17.9. The average molecular weight is 363 g/mol. The maximum Gasteiger partial charge on any atom is 0.416 e. The van der Waals surface area contributed by atoms with Gasteiger partial charge < -0.3 is 4.42 Å². The molecule has 0 bridgehead atoms. The molecule has 2 heterocycles. The summed E-state index contributed by atoms with van der Waals surface area (Å²) in [6.45, 7) is 4.04. The number of alkyl halides is 3. The Hall–Kier alpha value is -2.90. The molecule has 0 spiro atoms. The highest BCUT2D eigenvalue weighted by atomic mass is 19.4. The molecule has 0 radical (unpaired) electrons. The molecule has 0 fully saturated rings. The summed E-state index contributed by atoms with van der Waals surface area (Å²) in [6, 6.07) is 6.17. The molecule has 0 aliphatic heterocycles. The van der Waals surface area contributed by atoms with Crippen LogP contribution in [0.15, 0.2) is 52.1 Å². The minimum absolute atomic E-state index is 0.179. The Kier molecular flexibility index (Phi) is 4.67. The molecular formula is C18H16F3N3O2. The van der Waals surface area contributed by atoms with Gasteiger partial charge in [-0.2, -0.15) is 23.1 Å². The van der Waals surface area contributed by atoms with Crippen molar-refractivity contribution in [3.8, 4) is 17.1 Å². The van der Waals surface area contributed by atoms with Crippen molar-refractivity contribution in [3.05, 3.63) is 64.7 Å². The molecule has 0 N–H and O–H groups in total. The second kappa shape index (κ2) is 6.78. The van der Waals surface area contributed by atoms with Crippen molar-refractivity contribution < 1.29 is 17.6 Å². The van der Waals surface area contributed by atoms with E-state index >= 15 is 0 Å². The van der Waals surface area contributed by atoms with E-state index in [1.165, 1.54) is 16.7 Å². The monoisotopic (exact) mass is 363 g/mol. The van der Waals surface area contributed by atoms with Crippen LogP contribution in [0.2, 0.25) is 0 Å². The van der Waals surface area contributed by atoms with Crippen LogP contribution < -0.4 is 5.69 Å². The molecule has 26 heavy (non-hydrogen) atoms. The zero-order valence-corrected chi connectivity index (χ0v) is 14.1. The standard InChI is InChI=1S/C18H16F3N3O2/c1-11(2)9-14-7-8-24(17(25)23-14)16-15(26-10-22-16)12-3-5-13(6-4-12)18(19,20)21/h3-8,10-11H,9H2,1-2H3. The van der Waals surface area contributed by atoms with Gasteiger partial charge in [-0.25, -0.2) is 9.36 Å². The molecular weight excluding hydrogens is 347 g/mol. The van der Waals surface area contributed by atoms with Crippen molar-refractivity contribution in [3.63, 3.8) is 0 Å². The summed E-state index contributed by atoms with van der Waals surface area (Å²) in [5.41, 5.74) is -0.242. The number of oxazole rings is 1. The highest BCUT2D eigenvalue weighted by Crippen LogP contribution is 2.32. The first-order valence-electron chi connectivity index (χ1n) is 7.96. The maximum absolute atomic E-state index is 12.7. The molecule has 136 valence electrons. The fourth-order valence-electron chi connectivity index (χ4n) is 2.55. The zero-order chi connectivity index (χ0) is 18.9. The van der Waals surface area contributed by atoms with E-state index in [0.717, 1.165) is 18.5 Å². The van der Waals surface area contributed by atoms with Crippen molar-refractivity contribution >= 4 is 0 Å². The summed E-state index contributed by atoms with van der Waals surface area (Å²) >= 11 is 0. The van der Waals surface area contributed by atoms with E-state index in [1.807, 2.05) is 13.8 Å². The lowest BCUT2D eigenvalue weighted by molar-refractivity contribution is -0.137. The molecule has 0 saturated carbocycles. The number of halogens is 3. The van der Waals surface area contributed by atoms with E-state index in [4.69, 9.17) is 4.42 Å². The van der Waals surface area contributed by atoms with Crippen molar-refractivity contribution in [1.29, 1.82) is 0 Å². The van der Waals surface area contributed by atoms with Crippen LogP contribution in [0.3, 0.4) is 0 Å². The first-order chi connectivity index (χ1) is 12.3. The highest BCUT2D eigenvalue weighted by molar-refractivity contribution is 5.65. The van der Waals surface area contributed by atoms with E-state index in [2.05, 4.69) is 9.97 Å².